The van der Waals surface area contributed by atoms with Crippen LogP contribution in [0.1, 0.15) is 25.3 Å². The van der Waals surface area contributed by atoms with Crippen LogP contribution < -0.4 is 5.73 Å². The number of rotatable bonds is 5. The van der Waals surface area contributed by atoms with E-state index in [1.54, 1.807) is 11.8 Å². The second kappa shape index (κ2) is 6.72. The Morgan fingerprint density at radius 2 is 2.05 bits per heavy atom. The number of nitrogens with two attached hydrogens (primary N) is 1. The summed E-state index contributed by atoms with van der Waals surface area (Å²) in [7, 11) is 0. The number of hydrogen-bond donors (Lipinski definition) is 2. The molecule has 0 spiro atoms. The predicted molar refractivity (Wildman–Crippen MR) is 79.7 cm³/mol. The monoisotopic (exact) mass is 290 g/mol. The number of carbonyl (C=O) groups excluding carboxylic acids is 1. The number of carboxylic acid groups (broad SMARTS) is 1. The molecule has 1 heterocycles. The van der Waals surface area contributed by atoms with Crippen LogP contribution in [0.4, 0.5) is 0 Å². The molecule has 114 valence electrons. The van der Waals surface area contributed by atoms with Crippen LogP contribution in [0, 0.1) is 5.92 Å². The van der Waals surface area contributed by atoms with Crippen LogP contribution in [0.3, 0.4) is 0 Å². The molecule has 0 aliphatic carbocycles. The SMILES string of the molecule is CC1C(C(=O)O)CCN1C(=O)[C@@H](N)CCc1ccccc1. The minimum Gasteiger partial charge on any atom is -0.481 e. The van der Waals surface area contributed by atoms with Gasteiger partial charge in [0.1, 0.15) is 0 Å². The van der Waals surface area contributed by atoms with Gasteiger partial charge >= 0.3 is 5.97 Å². The van der Waals surface area contributed by atoms with Crippen LogP contribution in [0.25, 0.3) is 0 Å². The molecule has 5 heteroatoms. The first kappa shape index (κ1) is 15.5. The molecule has 0 saturated carbocycles. The lowest BCUT2D eigenvalue weighted by atomic mass is 10.0. The highest BCUT2D eigenvalue weighted by atomic mass is 16.4. The number of benzene rings is 1. The fraction of sp³-hybridized carbons (Fsp3) is 0.500. The zero-order valence-electron chi connectivity index (χ0n) is 12.2. The molecule has 0 bridgehead atoms. The first-order chi connectivity index (χ1) is 10.0. The lowest BCUT2D eigenvalue weighted by molar-refractivity contribution is -0.143. The average Bonchev–Trinajstić information content (AvgIpc) is 2.87. The summed E-state index contributed by atoms with van der Waals surface area (Å²) in [5, 5.41) is 9.10. The molecule has 2 unspecified atom stereocenters. The summed E-state index contributed by atoms with van der Waals surface area (Å²) >= 11 is 0. The van der Waals surface area contributed by atoms with Crippen molar-refractivity contribution in [1.29, 1.82) is 0 Å². The molecule has 21 heavy (non-hydrogen) atoms. The largest absolute Gasteiger partial charge is 0.481 e. The maximum absolute atomic E-state index is 12.4. The normalized spacial score (nSPS) is 23.0. The highest BCUT2D eigenvalue weighted by Crippen LogP contribution is 2.25. The third kappa shape index (κ3) is 3.61. The molecule has 1 aromatic carbocycles. The van der Waals surface area contributed by atoms with Gasteiger partial charge in [-0.05, 0) is 31.7 Å². The zero-order chi connectivity index (χ0) is 15.4. The molecule has 5 nitrogen and oxygen atoms in total. The lowest BCUT2D eigenvalue weighted by Gasteiger charge is -2.26. The van der Waals surface area contributed by atoms with Gasteiger partial charge in [0.15, 0.2) is 0 Å². The molecule has 1 amide bonds. The Morgan fingerprint density at radius 3 is 2.62 bits per heavy atom. The van der Waals surface area contributed by atoms with E-state index in [-0.39, 0.29) is 11.9 Å². The van der Waals surface area contributed by atoms with Crippen molar-refractivity contribution in [3.63, 3.8) is 0 Å². The predicted octanol–water partition coefficient (Wildman–Crippen LogP) is 1.27. The Hall–Kier alpha value is -1.88. The van der Waals surface area contributed by atoms with E-state index in [1.807, 2.05) is 30.3 Å². The summed E-state index contributed by atoms with van der Waals surface area (Å²) in [5.41, 5.74) is 7.14. The maximum Gasteiger partial charge on any atom is 0.308 e. The molecule has 0 aromatic heterocycles. The number of hydrogen-bond acceptors (Lipinski definition) is 3. The van der Waals surface area contributed by atoms with E-state index in [2.05, 4.69) is 0 Å². The van der Waals surface area contributed by atoms with Crippen molar-refractivity contribution in [2.24, 2.45) is 11.7 Å². The standard InChI is InChI=1S/C16H22N2O3/c1-11-13(16(20)21)9-10-18(11)15(19)14(17)8-7-12-5-3-2-4-6-12/h2-6,11,13-14H,7-10,17H2,1H3,(H,20,21)/t11?,13?,14-/m0/s1. The Labute approximate surface area is 124 Å². The van der Waals surface area contributed by atoms with Gasteiger partial charge in [0, 0.05) is 12.6 Å². The van der Waals surface area contributed by atoms with Crippen molar-refractivity contribution in [2.75, 3.05) is 6.54 Å². The summed E-state index contributed by atoms with van der Waals surface area (Å²) < 4.78 is 0. The van der Waals surface area contributed by atoms with E-state index < -0.39 is 17.9 Å². The summed E-state index contributed by atoms with van der Waals surface area (Å²) in [6, 6.07) is 9.04. The molecule has 1 saturated heterocycles. The molecule has 1 fully saturated rings. The molecular formula is C16H22N2O3. The number of aliphatic carboxylic acids is 1. The van der Waals surface area contributed by atoms with E-state index in [0.717, 1.165) is 12.0 Å². The highest BCUT2D eigenvalue weighted by molar-refractivity contribution is 5.83. The molecule has 3 atom stereocenters. The van der Waals surface area contributed by atoms with Crippen molar-refractivity contribution in [3.8, 4) is 0 Å². The lowest BCUT2D eigenvalue weighted by Crippen LogP contribution is -2.46. The molecular weight excluding hydrogens is 268 g/mol. The molecule has 1 aliphatic rings. The quantitative estimate of drug-likeness (QED) is 0.855. The van der Waals surface area contributed by atoms with E-state index in [0.29, 0.717) is 19.4 Å². The Bertz CT molecular complexity index is 504. The number of aryl methyl sites for hydroxylation is 1. The molecule has 3 N–H and O–H groups in total. The first-order valence-electron chi connectivity index (χ1n) is 7.33. The fourth-order valence-corrected chi connectivity index (χ4v) is 2.88. The second-order valence-electron chi connectivity index (χ2n) is 5.64. The van der Waals surface area contributed by atoms with Gasteiger partial charge < -0.3 is 15.7 Å². The molecule has 0 radical (unpaired) electrons. The van der Waals surface area contributed by atoms with Crippen molar-refractivity contribution >= 4 is 11.9 Å². The smallest absolute Gasteiger partial charge is 0.308 e. The van der Waals surface area contributed by atoms with Gasteiger partial charge in [0.2, 0.25) is 5.91 Å². The Morgan fingerprint density at radius 1 is 1.38 bits per heavy atom. The van der Waals surface area contributed by atoms with E-state index >= 15 is 0 Å². The van der Waals surface area contributed by atoms with E-state index in [4.69, 9.17) is 10.8 Å². The zero-order valence-corrected chi connectivity index (χ0v) is 12.2. The van der Waals surface area contributed by atoms with Crippen LogP contribution in [0.15, 0.2) is 30.3 Å². The van der Waals surface area contributed by atoms with E-state index in [9.17, 15) is 9.59 Å². The first-order valence-corrected chi connectivity index (χ1v) is 7.33. The van der Waals surface area contributed by atoms with Crippen molar-refractivity contribution in [2.45, 2.75) is 38.3 Å². The van der Waals surface area contributed by atoms with Gasteiger partial charge in [-0.2, -0.15) is 0 Å². The minimum atomic E-state index is -0.837. The van der Waals surface area contributed by atoms with Crippen molar-refractivity contribution in [3.05, 3.63) is 35.9 Å². The van der Waals surface area contributed by atoms with Crippen LogP contribution in [-0.4, -0.2) is 40.5 Å². The number of nitrogens with zero attached hydrogens (tertiary/aromatic N) is 1. The third-order valence-electron chi connectivity index (χ3n) is 4.26. The van der Waals surface area contributed by atoms with Crippen LogP contribution in [-0.2, 0) is 16.0 Å². The summed E-state index contributed by atoms with van der Waals surface area (Å²) in [6.07, 6.45) is 1.83. The van der Waals surface area contributed by atoms with E-state index in [1.165, 1.54) is 0 Å². The summed E-state index contributed by atoms with van der Waals surface area (Å²) in [6.45, 7) is 2.27. The maximum atomic E-state index is 12.4. The number of amides is 1. The molecule has 1 aromatic rings. The van der Waals surface area contributed by atoms with Gasteiger partial charge in [-0.15, -0.1) is 0 Å². The molecule has 1 aliphatic heterocycles. The van der Waals surface area contributed by atoms with Crippen LogP contribution in [0.5, 0.6) is 0 Å². The van der Waals surface area contributed by atoms with Gasteiger partial charge in [0.05, 0.1) is 12.0 Å². The van der Waals surface area contributed by atoms with Crippen LogP contribution in [0.2, 0.25) is 0 Å². The van der Waals surface area contributed by atoms with Gasteiger partial charge in [0.25, 0.3) is 0 Å². The average molecular weight is 290 g/mol. The summed E-state index contributed by atoms with van der Waals surface area (Å²) in [5.74, 6) is -1.45. The number of carboxylic acids is 1. The molecule has 2 rings (SSSR count). The topological polar surface area (TPSA) is 83.6 Å². The minimum absolute atomic E-state index is 0.137. The second-order valence-corrected chi connectivity index (χ2v) is 5.64. The fourth-order valence-electron chi connectivity index (χ4n) is 2.88. The highest BCUT2D eigenvalue weighted by Gasteiger charge is 2.39. The third-order valence-corrected chi connectivity index (χ3v) is 4.26. The Balaban J connectivity index is 1.89. The van der Waals surface area contributed by atoms with Gasteiger partial charge in [-0.3, -0.25) is 9.59 Å². The van der Waals surface area contributed by atoms with Crippen molar-refractivity contribution in [1.82, 2.24) is 4.90 Å². The number of carbonyl (C=O) groups is 2. The van der Waals surface area contributed by atoms with Crippen LogP contribution >= 0.6 is 0 Å². The van der Waals surface area contributed by atoms with Gasteiger partial charge in [-0.25, -0.2) is 0 Å². The van der Waals surface area contributed by atoms with Crippen molar-refractivity contribution < 1.29 is 14.7 Å². The summed E-state index contributed by atoms with van der Waals surface area (Å²) in [4.78, 5) is 25.1. The van der Waals surface area contributed by atoms with Gasteiger partial charge in [-0.1, -0.05) is 30.3 Å². The Kier molecular flexibility index (Phi) is 4.96. The number of likely N-dealkylation sites (tertiary alicyclic amines) is 1.